The first-order valence-corrected chi connectivity index (χ1v) is 5.76. The minimum atomic E-state index is 0. The van der Waals surface area contributed by atoms with Crippen LogP contribution in [0.15, 0.2) is 24.4 Å². The van der Waals surface area contributed by atoms with Crippen molar-refractivity contribution >= 4 is 36.5 Å². The van der Waals surface area contributed by atoms with E-state index in [1.807, 2.05) is 12.1 Å². The van der Waals surface area contributed by atoms with Gasteiger partial charge in [0.15, 0.2) is 0 Å². The highest BCUT2D eigenvalue weighted by Crippen LogP contribution is 2.14. The highest BCUT2D eigenvalue weighted by atomic mass is 35.5. The fourth-order valence-electron chi connectivity index (χ4n) is 1.94. The lowest BCUT2D eigenvalue weighted by Gasteiger charge is -2.07. The smallest absolute Gasteiger partial charge is 0.225 e. The number of aromatic nitrogens is 1. The van der Waals surface area contributed by atoms with Gasteiger partial charge in [0.2, 0.25) is 5.91 Å². The number of nitrogens with one attached hydrogen (secondary N) is 2. The van der Waals surface area contributed by atoms with Gasteiger partial charge in [0.1, 0.15) is 5.82 Å². The van der Waals surface area contributed by atoms with E-state index in [1.54, 1.807) is 12.3 Å². The van der Waals surface area contributed by atoms with Crippen LogP contribution in [0.5, 0.6) is 0 Å². The maximum Gasteiger partial charge on any atom is 0.225 e. The summed E-state index contributed by atoms with van der Waals surface area (Å²) in [6.07, 6.45) is 4.42. The van der Waals surface area contributed by atoms with Crippen LogP contribution < -0.4 is 10.6 Å². The van der Waals surface area contributed by atoms with Crippen LogP contribution in [0.4, 0.5) is 5.82 Å². The van der Waals surface area contributed by atoms with Gasteiger partial charge in [-0.15, -0.1) is 24.8 Å². The molecule has 4 nitrogen and oxygen atoms in total. The molecule has 2 rings (SSSR count). The largest absolute Gasteiger partial charge is 0.316 e. The van der Waals surface area contributed by atoms with Gasteiger partial charge in [-0.25, -0.2) is 4.98 Å². The molecule has 1 aromatic heterocycles. The Morgan fingerprint density at radius 3 is 2.89 bits per heavy atom. The van der Waals surface area contributed by atoms with Crippen LogP contribution in [0.3, 0.4) is 0 Å². The molecule has 1 aromatic rings. The number of carbonyl (C=O) groups excluding carboxylic acids is 1. The first-order chi connectivity index (χ1) is 7.84. The molecule has 1 aliphatic heterocycles. The maximum absolute atomic E-state index is 11.6. The fourth-order valence-corrected chi connectivity index (χ4v) is 1.94. The zero-order chi connectivity index (χ0) is 11.2. The molecule has 6 heteroatoms. The Bertz CT molecular complexity index is 342. The zero-order valence-corrected chi connectivity index (χ0v) is 11.7. The molecule has 2 heterocycles. The average molecular weight is 292 g/mol. The summed E-state index contributed by atoms with van der Waals surface area (Å²) >= 11 is 0. The van der Waals surface area contributed by atoms with Crippen molar-refractivity contribution in [3.8, 4) is 0 Å². The maximum atomic E-state index is 11.6. The number of rotatable bonds is 4. The molecule has 1 saturated heterocycles. The summed E-state index contributed by atoms with van der Waals surface area (Å²) in [4.78, 5) is 15.7. The topological polar surface area (TPSA) is 54.0 Å². The Hall–Kier alpha value is -0.840. The summed E-state index contributed by atoms with van der Waals surface area (Å²) in [5.74, 6) is 1.36. The van der Waals surface area contributed by atoms with Crippen molar-refractivity contribution in [2.75, 3.05) is 18.4 Å². The first kappa shape index (κ1) is 17.2. The van der Waals surface area contributed by atoms with Crippen LogP contribution >= 0.6 is 24.8 Å². The summed E-state index contributed by atoms with van der Waals surface area (Å²) in [6, 6.07) is 5.50. The minimum absolute atomic E-state index is 0. The summed E-state index contributed by atoms with van der Waals surface area (Å²) in [6.45, 7) is 2.14. The van der Waals surface area contributed by atoms with Crippen LogP contribution in [0.25, 0.3) is 0 Å². The minimum Gasteiger partial charge on any atom is -0.316 e. The molecule has 0 aliphatic carbocycles. The molecule has 0 saturated carbocycles. The van der Waals surface area contributed by atoms with E-state index in [0.29, 0.717) is 18.2 Å². The van der Waals surface area contributed by atoms with Crippen molar-refractivity contribution in [3.05, 3.63) is 24.4 Å². The highest BCUT2D eigenvalue weighted by molar-refractivity contribution is 5.89. The number of hydrogen-bond donors (Lipinski definition) is 2. The van der Waals surface area contributed by atoms with Gasteiger partial charge in [0.05, 0.1) is 0 Å². The standard InChI is InChI=1S/C12H17N3O.2ClH/c16-12(5-4-10-6-8-13-9-10)15-11-3-1-2-7-14-11;;/h1-3,7,10,13H,4-6,8-9H2,(H,14,15,16);2*1H. The fraction of sp³-hybridized carbons (Fsp3) is 0.500. The summed E-state index contributed by atoms with van der Waals surface area (Å²) in [5.41, 5.74) is 0. The van der Waals surface area contributed by atoms with Crippen molar-refractivity contribution in [1.82, 2.24) is 10.3 Å². The molecule has 0 bridgehead atoms. The second-order valence-corrected chi connectivity index (χ2v) is 4.16. The first-order valence-electron chi connectivity index (χ1n) is 5.76. The van der Waals surface area contributed by atoms with E-state index in [2.05, 4.69) is 15.6 Å². The number of anilines is 1. The lowest BCUT2D eigenvalue weighted by molar-refractivity contribution is -0.116. The van der Waals surface area contributed by atoms with E-state index >= 15 is 0 Å². The lowest BCUT2D eigenvalue weighted by atomic mass is 10.0. The van der Waals surface area contributed by atoms with Gasteiger partial charge in [-0.3, -0.25) is 4.79 Å². The molecule has 102 valence electrons. The van der Waals surface area contributed by atoms with E-state index in [9.17, 15) is 4.79 Å². The molecule has 2 N–H and O–H groups in total. The molecule has 1 fully saturated rings. The third-order valence-corrected chi connectivity index (χ3v) is 2.87. The number of hydrogen-bond acceptors (Lipinski definition) is 3. The number of halogens is 2. The quantitative estimate of drug-likeness (QED) is 0.895. The normalized spacial score (nSPS) is 17.4. The van der Waals surface area contributed by atoms with Crippen molar-refractivity contribution in [1.29, 1.82) is 0 Å². The van der Waals surface area contributed by atoms with Crippen molar-refractivity contribution < 1.29 is 4.79 Å². The Morgan fingerprint density at radius 1 is 1.44 bits per heavy atom. The Morgan fingerprint density at radius 2 is 2.28 bits per heavy atom. The number of amides is 1. The highest BCUT2D eigenvalue weighted by Gasteiger charge is 2.15. The van der Waals surface area contributed by atoms with Crippen molar-refractivity contribution in [2.45, 2.75) is 19.3 Å². The van der Waals surface area contributed by atoms with E-state index in [1.165, 1.54) is 6.42 Å². The van der Waals surface area contributed by atoms with Gasteiger partial charge in [-0.1, -0.05) is 6.07 Å². The van der Waals surface area contributed by atoms with E-state index < -0.39 is 0 Å². The van der Waals surface area contributed by atoms with Crippen LogP contribution in [0.2, 0.25) is 0 Å². The third kappa shape index (κ3) is 5.67. The SMILES string of the molecule is Cl.Cl.O=C(CCC1CCNC1)Nc1ccccn1. The number of carbonyl (C=O) groups is 1. The van der Waals surface area contributed by atoms with Gasteiger partial charge in [0, 0.05) is 12.6 Å². The van der Waals surface area contributed by atoms with Crippen LogP contribution in [-0.4, -0.2) is 24.0 Å². The summed E-state index contributed by atoms with van der Waals surface area (Å²) in [7, 11) is 0. The molecule has 1 unspecified atom stereocenters. The molecule has 0 aromatic carbocycles. The summed E-state index contributed by atoms with van der Waals surface area (Å²) < 4.78 is 0. The molecule has 1 aliphatic rings. The monoisotopic (exact) mass is 291 g/mol. The Labute approximate surface area is 120 Å². The van der Waals surface area contributed by atoms with Crippen LogP contribution in [0, 0.1) is 5.92 Å². The zero-order valence-electron chi connectivity index (χ0n) is 10.1. The van der Waals surface area contributed by atoms with E-state index in [-0.39, 0.29) is 30.7 Å². The molecule has 1 amide bonds. The van der Waals surface area contributed by atoms with Crippen molar-refractivity contribution in [3.63, 3.8) is 0 Å². The van der Waals surface area contributed by atoms with Crippen LogP contribution in [0.1, 0.15) is 19.3 Å². The van der Waals surface area contributed by atoms with Crippen molar-refractivity contribution in [2.24, 2.45) is 5.92 Å². The second-order valence-electron chi connectivity index (χ2n) is 4.16. The van der Waals surface area contributed by atoms with E-state index in [4.69, 9.17) is 0 Å². The summed E-state index contributed by atoms with van der Waals surface area (Å²) in [5, 5.41) is 6.10. The predicted octanol–water partition coefficient (Wildman–Crippen LogP) is 2.25. The van der Waals surface area contributed by atoms with Crippen LogP contribution in [-0.2, 0) is 4.79 Å². The molecule has 0 spiro atoms. The average Bonchev–Trinajstić information content (AvgIpc) is 2.81. The molecule has 0 radical (unpaired) electrons. The van der Waals surface area contributed by atoms with Gasteiger partial charge in [-0.05, 0) is 44.0 Å². The van der Waals surface area contributed by atoms with E-state index in [0.717, 1.165) is 19.5 Å². The van der Waals surface area contributed by atoms with Gasteiger partial charge in [-0.2, -0.15) is 0 Å². The molecular weight excluding hydrogens is 273 g/mol. The number of pyridine rings is 1. The van der Waals surface area contributed by atoms with Gasteiger partial charge >= 0.3 is 0 Å². The third-order valence-electron chi connectivity index (χ3n) is 2.87. The second kappa shape index (κ2) is 9.14. The lowest BCUT2D eigenvalue weighted by Crippen LogP contribution is -2.15. The van der Waals surface area contributed by atoms with Gasteiger partial charge < -0.3 is 10.6 Å². The molecule has 18 heavy (non-hydrogen) atoms. The number of nitrogens with zero attached hydrogens (tertiary/aromatic N) is 1. The predicted molar refractivity (Wildman–Crippen MR) is 77.6 cm³/mol. The Balaban J connectivity index is 0.00000144. The van der Waals surface area contributed by atoms with Gasteiger partial charge in [0.25, 0.3) is 0 Å². The molecular formula is C12H19Cl2N3O. The molecule has 1 atom stereocenters. The Kier molecular flexibility index (Phi) is 8.71.